The van der Waals surface area contributed by atoms with E-state index in [-0.39, 0.29) is 24.0 Å². The van der Waals surface area contributed by atoms with Crippen LogP contribution >= 0.6 is 11.6 Å². The van der Waals surface area contributed by atoms with E-state index in [4.69, 9.17) is 22.1 Å². The van der Waals surface area contributed by atoms with Crippen molar-refractivity contribution < 1.29 is 14.3 Å². The van der Waals surface area contributed by atoms with Crippen LogP contribution in [0.3, 0.4) is 0 Å². The van der Waals surface area contributed by atoms with Crippen molar-refractivity contribution in [3.05, 3.63) is 28.8 Å². The van der Waals surface area contributed by atoms with Crippen LogP contribution in [0.2, 0.25) is 5.02 Å². The summed E-state index contributed by atoms with van der Waals surface area (Å²) in [4.78, 5) is 22.9. The fourth-order valence-corrected chi connectivity index (χ4v) is 1.67. The van der Waals surface area contributed by atoms with Gasteiger partial charge in [0, 0.05) is 13.0 Å². The molecule has 0 bridgehead atoms. The summed E-state index contributed by atoms with van der Waals surface area (Å²) in [7, 11) is 0. The van der Waals surface area contributed by atoms with E-state index in [0.717, 1.165) is 0 Å². The summed E-state index contributed by atoms with van der Waals surface area (Å²) in [5.74, 6) is -0.567. The molecule has 0 fully saturated rings. The summed E-state index contributed by atoms with van der Waals surface area (Å²) >= 11 is 5.83. The minimum Gasteiger partial charge on any atom is -0.466 e. The summed E-state index contributed by atoms with van der Waals surface area (Å²) in [6, 6.07) is 4.88. The number of hydrogen-bond donors (Lipinski definition) is 2. The first-order valence-corrected chi connectivity index (χ1v) is 6.41. The van der Waals surface area contributed by atoms with Crippen LogP contribution < -0.4 is 11.1 Å². The lowest BCUT2D eigenvalue weighted by Crippen LogP contribution is -2.26. The van der Waals surface area contributed by atoms with Gasteiger partial charge in [-0.1, -0.05) is 17.7 Å². The molecule has 0 aliphatic carbocycles. The van der Waals surface area contributed by atoms with Crippen molar-refractivity contribution in [3.8, 4) is 0 Å². The lowest BCUT2D eigenvalue weighted by Gasteiger charge is -2.08. The number of carbonyl (C=O) groups is 2. The van der Waals surface area contributed by atoms with E-state index in [1.807, 2.05) is 0 Å². The SMILES string of the molecule is CCOC(=O)CCCNC(=O)c1cccc(Cl)c1N. The van der Waals surface area contributed by atoms with Crippen molar-refractivity contribution >= 4 is 29.2 Å². The number of ether oxygens (including phenoxy) is 1. The van der Waals surface area contributed by atoms with Crippen LogP contribution in [-0.2, 0) is 9.53 Å². The molecule has 19 heavy (non-hydrogen) atoms. The number of hydrogen-bond acceptors (Lipinski definition) is 4. The zero-order valence-electron chi connectivity index (χ0n) is 10.7. The largest absolute Gasteiger partial charge is 0.466 e. The van der Waals surface area contributed by atoms with Crippen molar-refractivity contribution in [1.82, 2.24) is 5.32 Å². The van der Waals surface area contributed by atoms with Crippen molar-refractivity contribution in [3.63, 3.8) is 0 Å². The van der Waals surface area contributed by atoms with Crippen molar-refractivity contribution in [1.29, 1.82) is 0 Å². The second-order valence-electron chi connectivity index (χ2n) is 3.87. The Balaban J connectivity index is 2.40. The second kappa shape index (κ2) is 7.63. The smallest absolute Gasteiger partial charge is 0.305 e. The van der Waals surface area contributed by atoms with E-state index in [0.29, 0.717) is 30.2 Å². The van der Waals surface area contributed by atoms with Gasteiger partial charge in [-0.05, 0) is 25.5 Å². The number of nitrogens with two attached hydrogens (primary N) is 1. The average Bonchev–Trinajstić information content (AvgIpc) is 2.38. The third kappa shape index (κ3) is 4.79. The molecular weight excluding hydrogens is 268 g/mol. The Labute approximate surface area is 117 Å². The molecule has 1 amide bonds. The minimum absolute atomic E-state index is 0.257. The zero-order valence-corrected chi connectivity index (χ0v) is 11.5. The second-order valence-corrected chi connectivity index (χ2v) is 4.27. The van der Waals surface area contributed by atoms with Gasteiger partial charge in [-0.2, -0.15) is 0 Å². The van der Waals surface area contributed by atoms with Gasteiger partial charge in [-0.3, -0.25) is 9.59 Å². The molecule has 0 saturated carbocycles. The molecular formula is C13H17ClN2O3. The van der Waals surface area contributed by atoms with Crippen LogP contribution in [0, 0.1) is 0 Å². The molecule has 0 aliphatic heterocycles. The number of nitrogen functional groups attached to an aromatic ring is 1. The summed E-state index contributed by atoms with van der Waals surface area (Å²) in [5.41, 5.74) is 6.30. The van der Waals surface area contributed by atoms with Crippen LogP contribution in [0.4, 0.5) is 5.69 Å². The molecule has 1 rings (SSSR count). The number of amides is 1. The van der Waals surface area contributed by atoms with E-state index in [2.05, 4.69) is 5.32 Å². The molecule has 0 heterocycles. The Morgan fingerprint density at radius 1 is 1.42 bits per heavy atom. The van der Waals surface area contributed by atoms with Gasteiger partial charge in [0.1, 0.15) is 0 Å². The highest BCUT2D eigenvalue weighted by Crippen LogP contribution is 2.22. The molecule has 1 aromatic rings. The number of esters is 1. The standard InChI is InChI=1S/C13H17ClN2O3/c1-2-19-11(17)7-4-8-16-13(18)9-5-3-6-10(14)12(9)15/h3,5-6H,2,4,7-8,15H2,1H3,(H,16,18). The van der Waals surface area contributed by atoms with E-state index < -0.39 is 0 Å². The molecule has 1 aromatic carbocycles. The number of rotatable bonds is 6. The number of benzene rings is 1. The summed E-state index contributed by atoms with van der Waals surface area (Å²) < 4.78 is 4.78. The first-order chi connectivity index (χ1) is 9.06. The fourth-order valence-electron chi connectivity index (χ4n) is 1.50. The Kier molecular flexibility index (Phi) is 6.15. The highest BCUT2D eigenvalue weighted by Gasteiger charge is 2.11. The predicted octanol–water partition coefficient (Wildman–Crippen LogP) is 2.00. The lowest BCUT2D eigenvalue weighted by molar-refractivity contribution is -0.143. The van der Waals surface area contributed by atoms with Crippen LogP contribution in [0.15, 0.2) is 18.2 Å². The molecule has 0 saturated heterocycles. The third-order valence-corrected chi connectivity index (χ3v) is 2.78. The van der Waals surface area contributed by atoms with E-state index in [1.165, 1.54) is 0 Å². The topological polar surface area (TPSA) is 81.4 Å². The van der Waals surface area contributed by atoms with Gasteiger partial charge >= 0.3 is 5.97 Å². The molecule has 6 heteroatoms. The Bertz CT molecular complexity index is 463. The van der Waals surface area contributed by atoms with Crippen LogP contribution in [0.25, 0.3) is 0 Å². The number of halogens is 1. The van der Waals surface area contributed by atoms with E-state index in [9.17, 15) is 9.59 Å². The highest BCUT2D eigenvalue weighted by molar-refractivity contribution is 6.33. The zero-order chi connectivity index (χ0) is 14.3. The first kappa shape index (κ1) is 15.3. The van der Waals surface area contributed by atoms with Crippen molar-refractivity contribution in [2.75, 3.05) is 18.9 Å². The monoisotopic (exact) mass is 284 g/mol. The number of anilines is 1. The maximum Gasteiger partial charge on any atom is 0.305 e. The van der Waals surface area contributed by atoms with Crippen LogP contribution in [0.1, 0.15) is 30.1 Å². The van der Waals surface area contributed by atoms with Gasteiger partial charge in [0.05, 0.1) is 22.9 Å². The minimum atomic E-state index is -0.302. The molecule has 5 nitrogen and oxygen atoms in total. The molecule has 0 radical (unpaired) electrons. The summed E-state index contributed by atoms with van der Waals surface area (Å²) in [5, 5.41) is 3.03. The molecule has 0 aromatic heterocycles. The van der Waals surface area contributed by atoms with Gasteiger partial charge in [0.25, 0.3) is 5.91 Å². The maximum absolute atomic E-state index is 11.8. The molecule has 3 N–H and O–H groups in total. The fraction of sp³-hybridized carbons (Fsp3) is 0.385. The molecule has 0 spiro atoms. The molecule has 0 atom stereocenters. The summed E-state index contributed by atoms with van der Waals surface area (Å²) in [6.07, 6.45) is 0.796. The van der Waals surface area contributed by atoms with Crippen LogP contribution in [0.5, 0.6) is 0 Å². The Hall–Kier alpha value is -1.75. The molecule has 0 aliphatic rings. The lowest BCUT2D eigenvalue weighted by atomic mass is 10.1. The van der Waals surface area contributed by atoms with Crippen molar-refractivity contribution in [2.45, 2.75) is 19.8 Å². The summed E-state index contributed by atoms with van der Waals surface area (Å²) in [6.45, 7) is 2.50. The first-order valence-electron chi connectivity index (χ1n) is 6.04. The van der Waals surface area contributed by atoms with Gasteiger partial charge in [-0.25, -0.2) is 0 Å². The number of carbonyl (C=O) groups excluding carboxylic acids is 2. The van der Waals surface area contributed by atoms with E-state index >= 15 is 0 Å². The normalized spacial score (nSPS) is 10.0. The maximum atomic E-state index is 11.8. The van der Waals surface area contributed by atoms with E-state index in [1.54, 1.807) is 25.1 Å². The number of nitrogens with one attached hydrogen (secondary N) is 1. The number of para-hydroxylation sites is 1. The van der Waals surface area contributed by atoms with Gasteiger partial charge in [0.2, 0.25) is 0 Å². The molecule has 104 valence electrons. The molecule has 0 unspecified atom stereocenters. The third-order valence-electron chi connectivity index (χ3n) is 2.45. The van der Waals surface area contributed by atoms with Crippen LogP contribution in [-0.4, -0.2) is 25.0 Å². The van der Waals surface area contributed by atoms with Gasteiger partial charge in [0.15, 0.2) is 0 Å². The van der Waals surface area contributed by atoms with Gasteiger partial charge in [-0.15, -0.1) is 0 Å². The van der Waals surface area contributed by atoms with Gasteiger partial charge < -0.3 is 15.8 Å². The Morgan fingerprint density at radius 3 is 2.84 bits per heavy atom. The highest BCUT2D eigenvalue weighted by atomic mass is 35.5. The Morgan fingerprint density at radius 2 is 2.16 bits per heavy atom. The predicted molar refractivity (Wildman–Crippen MR) is 74.1 cm³/mol. The quantitative estimate of drug-likeness (QED) is 0.475. The average molecular weight is 285 g/mol. The van der Waals surface area contributed by atoms with Crippen molar-refractivity contribution in [2.24, 2.45) is 0 Å².